The number of aliphatic hydroxyl groups is 1. The van der Waals surface area contributed by atoms with E-state index in [1.54, 1.807) is 6.92 Å². The minimum Gasteiger partial charge on any atom is -0.393 e. The van der Waals surface area contributed by atoms with Crippen LogP contribution < -0.4 is 0 Å². The SMILES string of the molecule is CCCC(O)Cc1ccc(F)cc1S(=O)(=O)C(F)(F)F. The van der Waals surface area contributed by atoms with E-state index >= 15 is 0 Å². The monoisotopic (exact) mass is 314 g/mol. The van der Waals surface area contributed by atoms with Gasteiger partial charge in [0.2, 0.25) is 0 Å². The van der Waals surface area contributed by atoms with Crippen LogP contribution in [-0.4, -0.2) is 25.1 Å². The zero-order valence-corrected chi connectivity index (χ0v) is 11.4. The summed E-state index contributed by atoms with van der Waals surface area (Å²) >= 11 is 0. The Morgan fingerprint density at radius 3 is 2.40 bits per heavy atom. The van der Waals surface area contributed by atoms with Gasteiger partial charge < -0.3 is 5.11 Å². The molecule has 0 aromatic heterocycles. The van der Waals surface area contributed by atoms with Crippen molar-refractivity contribution in [3.8, 4) is 0 Å². The Labute approximate surface area is 114 Å². The van der Waals surface area contributed by atoms with Gasteiger partial charge in [0.1, 0.15) is 5.82 Å². The lowest BCUT2D eigenvalue weighted by atomic mass is 10.0. The summed E-state index contributed by atoms with van der Waals surface area (Å²) in [4.78, 5) is -1.14. The summed E-state index contributed by atoms with van der Waals surface area (Å²) in [5, 5.41) is 9.60. The molecule has 114 valence electrons. The summed E-state index contributed by atoms with van der Waals surface area (Å²) in [5.41, 5.74) is -5.75. The number of hydrogen-bond donors (Lipinski definition) is 1. The van der Waals surface area contributed by atoms with Crippen LogP contribution in [0, 0.1) is 5.82 Å². The quantitative estimate of drug-likeness (QED) is 0.850. The van der Waals surface area contributed by atoms with Crippen LogP contribution >= 0.6 is 0 Å². The second-order valence-corrected chi connectivity index (χ2v) is 6.26. The maximum absolute atomic E-state index is 13.1. The third kappa shape index (κ3) is 3.69. The molecule has 0 radical (unpaired) electrons. The standard InChI is InChI=1S/C12H14F4O3S/c1-2-3-10(17)6-8-4-5-9(13)7-11(8)20(18,19)12(14,15)16/h4-5,7,10,17H,2-3,6H2,1H3. The van der Waals surface area contributed by atoms with Gasteiger partial charge in [-0.25, -0.2) is 12.8 Å². The Hall–Kier alpha value is -1.15. The minimum absolute atomic E-state index is 0.246. The van der Waals surface area contributed by atoms with Crippen LogP contribution in [-0.2, 0) is 16.3 Å². The smallest absolute Gasteiger partial charge is 0.393 e. The van der Waals surface area contributed by atoms with E-state index in [2.05, 4.69) is 0 Å². The van der Waals surface area contributed by atoms with Crippen molar-refractivity contribution in [3.05, 3.63) is 29.6 Å². The highest BCUT2D eigenvalue weighted by Gasteiger charge is 2.48. The van der Waals surface area contributed by atoms with E-state index in [4.69, 9.17) is 0 Å². The van der Waals surface area contributed by atoms with Gasteiger partial charge in [-0.1, -0.05) is 19.4 Å². The van der Waals surface area contributed by atoms with Crippen LogP contribution in [0.2, 0.25) is 0 Å². The lowest BCUT2D eigenvalue weighted by Crippen LogP contribution is -2.25. The molecule has 0 aliphatic heterocycles. The van der Waals surface area contributed by atoms with Gasteiger partial charge in [-0.15, -0.1) is 0 Å². The van der Waals surface area contributed by atoms with Crippen LogP contribution in [0.15, 0.2) is 23.1 Å². The fourth-order valence-corrected chi connectivity index (χ4v) is 2.77. The van der Waals surface area contributed by atoms with Gasteiger partial charge in [-0.05, 0) is 30.5 Å². The molecule has 1 N–H and O–H groups in total. The van der Waals surface area contributed by atoms with Gasteiger partial charge in [0.25, 0.3) is 9.84 Å². The molecule has 3 nitrogen and oxygen atoms in total. The topological polar surface area (TPSA) is 54.4 Å². The number of hydrogen-bond acceptors (Lipinski definition) is 3. The van der Waals surface area contributed by atoms with Crippen molar-refractivity contribution in [2.75, 3.05) is 0 Å². The van der Waals surface area contributed by atoms with Crippen molar-refractivity contribution >= 4 is 9.84 Å². The molecule has 20 heavy (non-hydrogen) atoms. The summed E-state index contributed by atoms with van der Waals surface area (Å²) < 4.78 is 73.5. The lowest BCUT2D eigenvalue weighted by Gasteiger charge is -2.15. The molecule has 1 rings (SSSR count). The van der Waals surface area contributed by atoms with Gasteiger partial charge in [0.15, 0.2) is 0 Å². The maximum Gasteiger partial charge on any atom is 0.501 e. The number of alkyl halides is 3. The predicted molar refractivity (Wildman–Crippen MR) is 64.3 cm³/mol. The van der Waals surface area contributed by atoms with Gasteiger partial charge in [-0.3, -0.25) is 0 Å². The van der Waals surface area contributed by atoms with E-state index in [1.807, 2.05) is 0 Å². The molecule has 0 aliphatic carbocycles. The summed E-state index contributed by atoms with van der Waals surface area (Å²) in [6.45, 7) is 1.77. The van der Waals surface area contributed by atoms with E-state index in [0.29, 0.717) is 18.9 Å². The third-order valence-electron chi connectivity index (χ3n) is 2.70. The Bertz CT molecular complexity index is 567. The van der Waals surface area contributed by atoms with E-state index in [-0.39, 0.29) is 12.0 Å². The first-order chi connectivity index (χ1) is 9.09. The lowest BCUT2D eigenvalue weighted by molar-refractivity contribution is -0.0436. The van der Waals surface area contributed by atoms with Crippen molar-refractivity contribution < 1.29 is 31.1 Å². The summed E-state index contributed by atoms with van der Waals surface area (Å²) in [7, 11) is -5.64. The van der Waals surface area contributed by atoms with Gasteiger partial charge in [0, 0.05) is 0 Å². The Balaban J connectivity index is 3.29. The predicted octanol–water partition coefficient (Wildman–Crippen LogP) is 2.82. The molecular weight excluding hydrogens is 300 g/mol. The fraction of sp³-hybridized carbons (Fsp3) is 0.500. The number of halogens is 4. The maximum atomic E-state index is 13.1. The Kier molecular flexibility index (Phi) is 5.15. The molecule has 1 unspecified atom stereocenters. The normalized spacial score (nSPS) is 14.3. The molecule has 0 aliphatic rings. The molecule has 1 atom stereocenters. The molecule has 0 heterocycles. The third-order valence-corrected chi connectivity index (χ3v) is 4.27. The number of aliphatic hydroxyl groups excluding tert-OH is 1. The van der Waals surface area contributed by atoms with Crippen LogP contribution in [0.3, 0.4) is 0 Å². The zero-order chi connectivity index (χ0) is 15.6. The molecule has 1 aromatic carbocycles. The molecule has 0 bridgehead atoms. The van der Waals surface area contributed by atoms with E-state index in [9.17, 15) is 31.1 Å². The van der Waals surface area contributed by atoms with Gasteiger partial charge in [0.05, 0.1) is 11.0 Å². The minimum atomic E-state index is -5.64. The average molecular weight is 314 g/mol. The van der Waals surface area contributed by atoms with Crippen molar-refractivity contribution in [1.29, 1.82) is 0 Å². The van der Waals surface area contributed by atoms with E-state index in [1.165, 1.54) is 0 Å². The number of sulfone groups is 1. The first kappa shape index (κ1) is 16.9. The zero-order valence-electron chi connectivity index (χ0n) is 10.6. The molecule has 0 spiro atoms. The van der Waals surface area contributed by atoms with Crippen LogP contribution in [0.4, 0.5) is 17.6 Å². The summed E-state index contributed by atoms with van der Waals surface area (Å²) in [6.07, 6.45) is -0.363. The van der Waals surface area contributed by atoms with E-state index < -0.39 is 32.2 Å². The molecule has 0 amide bonds. The van der Waals surface area contributed by atoms with Crippen LogP contribution in [0.5, 0.6) is 0 Å². The summed E-state index contributed by atoms with van der Waals surface area (Å²) in [5.74, 6) is -1.08. The van der Waals surface area contributed by atoms with Gasteiger partial charge in [-0.2, -0.15) is 13.2 Å². The first-order valence-corrected chi connectivity index (χ1v) is 7.35. The van der Waals surface area contributed by atoms with Crippen LogP contribution in [0.1, 0.15) is 25.3 Å². The van der Waals surface area contributed by atoms with Crippen molar-refractivity contribution in [2.24, 2.45) is 0 Å². The molecule has 1 aromatic rings. The highest BCUT2D eigenvalue weighted by molar-refractivity contribution is 7.92. The van der Waals surface area contributed by atoms with Crippen molar-refractivity contribution in [2.45, 2.75) is 42.7 Å². The molecule has 8 heteroatoms. The highest BCUT2D eigenvalue weighted by Crippen LogP contribution is 2.33. The molecule has 0 fully saturated rings. The number of benzene rings is 1. The molecule has 0 saturated heterocycles. The molecule has 0 saturated carbocycles. The second-order valence-electron chi connectivity index (χ2n) is 4.35. The largest absolute Gasteiger partial charge is 0.501 e. The summed E-state index contributed by atoms with van der Waals surface area (Å²) in [6, 6.07) is 2.15. The number of rotatable bonds is 5. The van der Waals surface area contributed by atoms with Crippen LogP contribution in [0.25, 0.3) is 0 Å². The average Bonchev–Trinajstić information content (AvgIpc) is 2.30. The van der Waals surface area contributed by atoms with Crippen molar-refractivity contribution in [1.82, 2.24) is 0 Å². The highest BCUT2D eigenvalue weighted by atomic mass is 32.2. The fourth-order valence-electron chi connectivity index (χ4n) is 1.76. The van der Waals surface area contributed by atoms with E-state index in [0.717, 1.165) is 12.1 Å². The van der Waals surface area contributed by atoms with Gasteiger partial charge >= 0.3 is 5.51 Å². The first-order valence-electron chi connectivity index (χ1n) is 5.87. The van der Waals surface area contributed by atoms with Crippen molar-refractivity contribution in [3.63, 3.8) is 0 Å². The Morgan fingerprint density at radius 1 is 1.30 bits per heavy atom. The second kappa shape index (κ2) is 6.09. The molecular formula is C12H14F4O3S. The Morgan fingerprint density at radius 2 is 1.90 bits per heavy atom.